The van der Waals surface area contributed by atoms with Gasteiger partial charge in [-0.3, -0.25) is 9.89 Å². The number of aryl methyl sites for hydroxylation is 2. The van der Waals surface area contributed by atoms with Crippen LogP contribution in [0.25, 0.3) is 11.4 Å². The van der Waals surface area contributed by atoms with Crippen molar-refractivity contribution in [2.24, 2.45) is 0 Å². The van der Waals surface area contributed by atoms with Gasteiger partial charge in [0.2, 0.25) is 11.1 Å². The average Bonchev–Trinajstić information content (AvgIpc) is 3.05. The Labute approximate surface area is 155 Å². The van der Waals surface area contributed by atoms with Crippen LogP contribution in [0.15, 0.2) is 47.6 Å². The quantitative estimate of drug-likeness (QED) is 0.648. The highest BCUT2D eigenvalue weighted by Crippen LogP contribution is 2.26. The summed E-state index contributed by atoms with van der Waals surface area (Å²) in [6.45, 7) is 3.96. The Morgan fingerprint density at radius 3 is 2.84 bits per heavy atom. The van der Waals surface area contributed by atoms with E-state index in [4.69, 9.17) is 11.6 Å². The Kier molecular flexibility index (Phi) is 5.40. The normalized spacial score (nSPS) is 10.7. The largest absolute Gasteiger partial charge is 0.325 e. The molecule has 0 saturated carbocycles. The summed E-state index contributed by atoms with van der Waals surface area (Å²) in [5, 5.41) is 11.0. The lowest BCUT2D eigenvalue weighted by Crippen LogP contribution is -2.15. The Hall–Kier alpha value is -2.31. The zero-order valence-corrected chi connectivity index (χ0v) is 15.4. The lowest BCUT2D eigenvalue weighted by atomic mass is 10.1. The number of H-pyrrole nitrogens is 1. The van der Waals surface area contributed by atoms with Crippen molar-refractivity contribution in [1.29, 1.82) is 0 Å². The molecule has 0 aliphatic heterocycles. The zero-order chi connectivity index (χ0) is 17.8. The number of carbonyl (C=O) groups excluding carboxylic acids is 1. The summed E-state index contributed by atoms with van der Waals surface area (Å²) in [4.78, 5) is 16.5. The molecule has 1 amide bonds. The highest BCUT2D eigenvalue weighted by atomic mass is 35.5. The van der Waals surface area contributed by atoms with Gasteiger partial charge in [0.25, 0.3) is 0 Å². The number of aromatic nitrogens is 3. The number of anilines is 1. The molecule has 3 rings (SSSR count). The molecule has 0 aliphatic rings. The number of hydrogen-bond donors (Lipinski definition) is 2. The maximum atomic E-state index is 12.2. The van der Waals surface area contributed by atoms with Gasteiger partial charge in [-0.2, -0.15) is 0 Å². The third kappa shape index (κ3) is 4.41. The molecule has 128 valence electrons. The van der Waals surface area contributed by atoms with Crippen molar-refractivity contribution in [3.63, 3.8) is 0 Å². The second kappa shape index (κ2) is 7.72. The maximum Gasteiger partial charge on any atom is 0.234 e. The first kappa shape index (κ1) is 17.5. The summed E-state index contributed by atoms with van der Waals surface area (Å²) < 4.78 is 0. The number of halogens is 1. The SMILES string of the molecule is Cc1ccc(C)c(NC(=O)CSc2n[nH]c(-c3ccccc3Cl)n2)c1. The van der Waals surface area contributed by atoms with Gasteiger partial charge >= 0.3 is 0 Å². The van der Waals surface area contributed by atoms with E-state index in [1.54, 1.807) is 6.07 Å². The van der Waals surface area contributed by atoms with Crippen LogP contribution in [0.5, 0.6) is 0 Å². The van der Waals surface area contributed by atoms with Gasteiger partial charge in [-0.15, -0.1) is 5.10 Å². The Morgan fingerprint density at radius 2 is 2.04 bits per heavy atom. The summed E-state index contributed by atoms with van der Waals surface area (Å²) in [6, 6.07) is 13.4. The molecule has 0 unspecified atom stereocenters. The number of nitrogens with zero attached hydrogens (tertiary/aromatic N) is 2. The molecule has 2 aromatic carbocycles. The molecule has 0 radical (unpaired) electrons. The van der Waals surface area contributed by atoms with E-state index in [1.165, 1.54) is 11.8 Å². The van der Waals surface area contributed by atoms with Gasteiger partial charge in [-0.1, -0.05) is 47.6 Å². The van der Waals surface area contributed by atoms with Crippen LogP contribution in [-0.4, -0.2) is 26.8 Å². The molecule has 1 aromatic heterocycles. The standard InChI is InChI=1S/C18H17ClN4OS/c1-11-7-8-12(2)15(9-11)20-16(24)10-25-18-21-17(22-23-18)13-5-3-4-6-14(13)19/h3-9H,10H2,1-2H3,(H,20,24)(H,21,22,23). The van der Waals surface area contributed by atoms with Gasteiger partial charge in [-0.05, 0) is 43.2 Å². The molecule has 5 nitrogen and oxygen atoms in total. The fourth-order valence-electron chi connectivity index (χ4n) is 2.27. The predicted octanol–water partition coefficient (Wildman–Crippen LogP) is 4.47. The van der Waals surface area contributed by atoms with E-state index in [9.17, 15) is 4.79 Å². The first-order valence-corrected chi connectivity index (χ1v) is 9.06. The smallest absolute Gasteiger partial charge is 0.234 e. The fourth-order valence-corrected chi connectivity index (χ4v) is 3.10. The molecule has 0 bridgehead atoms. The van der Waals surface area contributed by atoms with Crippen molar-refractivity contribution in [1.82, 2.24) is 15.2 Å². The first-order valence-electron chi connectivity index (χ1n) is 7.70. The first-order chi connectivity index (χ1) is 12.0. The summed E-state index contributed by atoms with van der Waals surface area (Å²) in [7, 11) is 0. The number of thioether (sulfide) groups is 1. The van der Waals surface area contributed by atoms with Crippen molar-refractivity contribution in [3.8, 4) is 11.4 Å². The average molecular weight is 373 g/mol. The van der Waals surface area contributed by atoms with Crippen LogP contribution in [0.2, 0.25) is 5.02 Å². The highest BCUT2D eigenvalue weighted by Gasteiger charge is 2.11. The molecule has 25 heavy (non-hydrogen) atoms. The van der Waals surface area contributed by atoms with Crippen molar-refractivity contribution >= 4 is 35.0 Å². The Bertz CT molecular complexity index is 910. The minimum absolute atomic E-state index is 0.0946. The van der Waals surface area contributed by atoms with Gasteiger partial charge in [0.05, 0.1) is 10.8 Å². The van der Waals surface area contributed by atoms with E-state index in [0.29, 0.717) is 16.0 Å². The number of hydrogen-bond acceptors (Lipinski definition) is 4. The summed E-state index contributed by atoms with van der Waals surface area (Å²) in [6.07, 6.45) is 0. The summed E-state index contributed by atoms with van der Waals surface area (Å²) in [5.74, 6) is 0.721. The molecule has 0 fully saturated rings. The van der Waals surface area contributed by atoms with Gasteiger partial charge in [-0.25, -0.2) is 4.98 Å². The lowest BCUT2D eigenvalue weighted by Gasteiger charge is -2.08. The van der Waals surface area contributed by atoms with E-state index in [-0.39, 0.29) is 11.7 Å². The molecule has 0 aliphatic carbocycles. The van der Waals surface area contributed by atoms with E-state index >= 15 is 0 Å². The summed E-state index contributed by atoms with van der Waals surface area (Å²) >= 11 is 7.43. The lowest BCUT2D eigenvalue weighted by molar-refractivity contribution is -0.113. The van der Waals surface area contributed by atoms with Crippen LogP contribution >= 0.6 is 23.4 Å². The van der Waals surface area contributed by atoms with E-state index in [1.807, 2.05) is 50.2 Å². The van der Waals surface area contributed by atoms with Crippen LogP contribution in [0, 0.1) is 13.8 Å². The Balaban J connectivity index is 1.61. The summed E-state index contributed by atoms with van der Waals surface area (Å²) in [5.41, 5.74) is 3.75. The van der Waals surface area contributed by atoms with Crippen molar-refractivity contribution in [2.45, 2.75) is 19.0 Å². The van der Waals surface area contributed by atoms with Gasteiger partial charge < -0.3 is 5.32 Å². The van der Waals surface area contributed by atoms with Gasteiger partial charge in [0, 0.05) is 11.3 Å². The third-order valence-electron chi connectivity index (χ3n) is 3.59. The zero-order valence-electron chi connectivity index (χ0n) is 13.8. The molecule has 0 atom stereocenters. The molecular weight excluding hydrogens is 356 g/mol. The van der Waals surface area contributed by atoms with Crippen LogP contribution in [0.1, 0.15) is 11.1 Å². The fraction of sp³-hybridized carbons (Fsp3) is 0.167. The second-order valence-corrected chi connectivity index (χ2v) is 6.95. The number of nitrogens with one attached hydrogen (secondary N) is 2. The topological polar surface area (TPSA) is 70.7 Å². The number of rotatable bonds is 5. The molecular formula is C18H17ClN4OS. The maximum absolute atomic E-state index is 12.2. The number of carbonyl (C=O) groups is 1. The molecule has 3 aromatic rings. The van der Waals surface area contributed by atoms with Crippen LogP contribution in [0.3, 0.4) is 0 Å². The van der Waals surface area contributed by atoms with Crippen molar-refractivity contribution in [2.75, 3.05) is 11.1 Å². The predicted molar refractivity (Wildman–Crippen MR) is 102 cm³/mol. The van der Waals surface area contributed by atoms with Crippen molar-refractivity contribution in [3.05, 3.63) is 58.6 Å². The van der Waals surface area contributed by atoms with Crippen LogP contribution in [0.4, 0.5) is 5.69 Å². The van der Waals surface area contributed by atoms with Crippen LogP contribution in [-0.2, 0) is 4.79 Å². The number of benzene rings is 2. The minimum atomic E-state index is -0.0946. The minimum Gasteiger partial charge on any atom is -0.325 e. The second-order valence-electron chi connectivity index (χ2n) is 5.60. The molecule has 1 heterocycles. The van der Waals surface area contributed by atoms with E-state index in [2.05, 4.69) is 20.5 Å². The van der Waals surface area contributed by atoms with Gasteiger partial charge in [0.15, 0.2) is 5.82 Å². The van der Waals surface area contributed by atoms with Gasteiger partial charge in [0.1, 0.15) is 0 Å². The number of amides is 1. The van der Waals surface area contributed by atoms with E-state index in [0.717, 1.165) is 22.4 Å². The molecule has 0 spiro atoms. The Morgan fingerprint density at radius 1 is 1.24 bits per heavy atom. The van der Waals surface area contributed by atoms with E-state index < -0.39 is 0 Å². The third-order valence-corrected chi connectivity index (χ3v) is 4.77. The molecule has 7 heteroatoms. The highest BCUT2D eigenvalue weighted by molar-refractivity contribution is 7.99. The monoisotopic (exact) mass is 372 g/mol. The van der Waals surface area contributed by atoms with Crippen molar-refractivity contribution < 1.29 is 4.79 Å². The molecule has 2 N–H and O–H groups in total. The number of aromatic amines is 1. The van der Waals surface area contributed by atoms with Crippen LogP contribution < -0.4 is 5.32 Å². The molecule has 0 saturated heterocycles.